The first kappa shape index (κ1) is 18.1. The lowest BCUT2D eigenvalue weighted by atomic mass is 10.1. The minimum absolute atomic E-state index is 0.0276. The van der Waals surface area contributed by atoms with Gasteiger partial charge < -0.3 is 4.52 Å². The van der Waals surface area contributed by atoms with Crippen LogP contribution in [0.5, 0.6) is 0 Å². The Balaban J connectivity index is 1.36. The van der Waals surface area contributed by atoms with E-state index in [1.165, 1.54) is 29.3 Å². The lowest BCUT2D eigenvalue weighted by Gasteiger charge is -2.19. The molecule has 0 N–H and O–H groups in total. The van der Waals surface area contributed by atoms with Crippen molar-refractivity contribution in [3.05, 3.63) is 65.8 Å². The highest BCUT2D eigenvalue weighted by atomic mass is 19.1. The van der Waals surface area contributed by atoms with Gasteiger partial charge in [-0.15, -0.1) is 0 Å². The summed E-state index contributed by atoms with van der Waals surface area (Å²) in [5.41, 5.74) is 2.20. The van der Waals surface area contributed by atoms with Crippen LogP contribution in [0.4, 0.5) is 10.1 Å². The zero-order valence-corrected chi connectivity index (χ0v) is 15.8. The summed E-state index contributed by atoms with van der Waals surface area (Å²) < 4.78 is 18.5. The molecule has 1 saturated heterocycles. The minimum atomic E-state index is -0.956. The van der Waals surface area contributed by atoms with E-state index >= 15 is 0 Å². The smallest absolute Gasteiger partial charge is 0.263 e. The number of carbonyl (C=O) groups excluding carboxylic acids is 2. The number of aromatic nitrogens is 2. The number of anilines is 1. The van der Waals surface area contributed by atoms with Crippen molar-refractivity contribution in [1.82, 2.24) is 15.1 Å². The molecule has 9 nitrogen and oxygen atoms in total. The SMILES string of the molecule is Cc1ccc(-c2noc(CN3N=N[C@H]4C(=O)N(c5ccc(F)cc5)C(=O)[C@@H]43)n2)cc1. The molecule has 0 aliphatic carbocycles. The van der Waals surface area contributed by atoms with Gasteiger partial charge in [-0.2, -0.15) is 10.1 Å². The van der Waals surface area contributed by atoms with Gasteiger partial charge in [-0.25, -0.2) is 9.29 Å². The van der Waals surface area contributed by atoms with Crippen LogP contribution in [-0.2, 0) is 16.1 Å². The summed E-state index contributed by atoms with van der Waals surface area (Å²) in [7, 11) is 0. The first-order valence-corrected chi connectivity index (χ1v) is 9.22. The highest BCUT2D eigenvalue weighted by Crippen LogP contribution is 2.32. The summed E-state index contributed by atoms with van der Waals surface area (Å²) in [6.45, 7) is 2.01. The standard InChI is InChI=1S/C20H15FN6O3/c1-11-2-4-12(5-3-11)18-22-15(30-24-18)10-26-17-16(23-25-26)19(28)27(20(17)29)14-8-6-13(21)7-9-14/h2-9,16-17H,10H2,1H3/t16-,17-/m1/s1. The molecule has 2 aliphatic heterocycles. The largest absolute Gasteiger partial charge is 0.337 e. The molecule has 2 amide bonds. The van der Waals surface area contributed by atoms with Crippen LogP contribution in [0.15, 0.2) is 63.4 Å². The normalized spacial score (nSPS) is 20.3. The van der Waals surface area contributed by atoms with Gasteiger partial charge in [-0.05, 0) is 31.2 Å². The number of rotatable bonds is 4. The fourth-order valence-electron chi connectivity index (χ4n) is 3.48. The molecule has 2 atom stereocenters. The Morgan fingerprint density at radius 2 is 1.77 bits per heavy atom. The minimum Gasteiger partial charge on any atom is -0.337 e. The molecule has 0 unspecified atom stereocenters. The number of fused-ring (bicyclic) bond motifs is 1. The van der Waals surface area contributed by atoms with Crippen LogP contribution >= 0.6 is 0 Å². The Morgan fingerprint density at radius 3 is 2.50 bits per heavy atom. The number of aryl methyl sites for hydroxylation is 1. The highest BCUT2D eigenvalue weighted by Gasteiger charge is 2.55. The summed E-state index contributed by atoms with van der Waals surface area (Å²) in [5.74, 6) is -0.793. The summed E-state index contributed by atoms with van der Waals surface area (Å²) in [4.78, 5) is 31.0. The molecule has 0 radical (unpaired) electrons. The Labute approximate surface area is 169 Å². The van der Waals surface area contributed by atoms with E-state index in [1.807, 2.05) is 31.2 Å². The van der Waals surface area contributed by atoms with Crippen LogP contribution in [0, 0.1) is 12.7 Å². The number of hydrogen-bond acceptors (Lipinski definition) is 8. The predicted molar refractivity (Wildman–Crippen MR) is 101 cm³/mol. The van der Waals surface area contributed by atoms with E-state index in [1.54, 1.807) is 0 Å². The maximum absolute atomic E-state index is 13.2. The van der Waals surface area contributed by atoms with E-state index in [-0.39, 0.29) is 18.1 Å². The monoisotopic (exact) mass is 406 g/mol. The van der Waals surface area contributed by atoms with Gasteiger partial charge in [0, 0.05) is 5.56 Å². The molecule has 0 spiro atoms. The quantitative estimate of drug-likeness (QED) is 0.617. The second kappa shape index (κ2) is 6.83. The Hall–Kier alpha value is -3.95. The van der Waals surface area contributed by atoms with Crippen molar-refractivity contribution in [3.8, 4) is 11.4 Å². The molecule has 2 aliphatic rings. The van der Waals surface area contributed by atoms with Crippen molar-refractivity contribution in [2.45, 2.75) is 25.6 Å². The van der Waals surface area contributed by atoms with Crippen LogP contribution in [-0.4, -0.2) is 39.0 Å². The Kier molecular flexibility index (Phi) is 4.12. The molecule has 1 aromatic heterocycles. The average Bonchev–Trinajstić information content (AvgIpc) is 3.43. The number of amides is 2. The van der Waals surface area contributed by atoms with Crippen molar-refractivity contribution < 1.29 is 18.5 Å². The van der Waals surface area contributed by atoms with Crippen LogP contribution in [0.1, 0.15) is 11.5 Å². The first-order chi connectivity index (χ1) is 14.5. The molecule has 3 aromatic rings. The number of imide groups is 1. The third kappa shape index (κ3) is 2.93. The van der Waals surface area contributed by atoms with E-state index in [4.69, 9.17) is 4.52 Å². The molecular weight excluding hydrogens is 391 g/mol. The number of nitrogens with zero attached hydrogens (tertiary/aromatic N) is 6. The first-order valence-electron chi connectivity index (χ1n) is 9.22. The number of benzene rings is 2. The van der Waals surface area contributed by atoms with Gasteiger partial charge in [-0.3, -0.25) is 14.6 Å². The van der Waals surface area contributed by atoms with Gasteiger partial charge in [0.1, 0.15) is 12.4 Å². The topological polar surface area (TPSA) is 104 Å². The van der Waals surface area contributed by atoms with Gasteiger partial charge in [-0.1, -0.05) is 40.2 Å². The van der Waals surface area contributed by atoms with E-state index in [0.29, 0.717) is 5.82 Å². The van der Waals surface area contributed by atoms with E-state index in [0.717, 1.165) is 16.0 Å². The van der Waals surface area contributed by atoms with Gasteiger partial charge in [0.05, 0.1) is 5.69 Å². The van der Waals surface area contributed by atoms with Crippen molar-refractivity contribution in [1.29, 1.82) is 0 Å². The Bertz CT molecular complexity index is 1160. The average molecular weight is 406 g/mol. The maximum atomic E-state index is 13.2. The van der Waals surface area contributed by atoms with E-state index in [9.17, 15) is 14.0 Å². The lowest BCUT2D eigenvalue weighted by Crippen LogP contribution is -2.39. The molecule has 0 saturated carbocycles. The van der Waals surface area contributed by atoms with E-state index < -0.39 is 29.7 Å². The fraction of sp³-hybridized carbons (Fsp3) is 0.200. The maximum Gasteiger partial charge on any atom is 0.263 e. The molecule has 2 aromatic carbocycles. The zero-order valence-electron chi connectivity index (χ0n) is 15.8. The van der Waals surface area contributed by atoms with Crippen LogP contribution < -0.4 is 4.90 Å². The summed E-state index contributed by atoms with van der Waals surface area (Å²) in [6.07, 6.45) is 0. The summed E-state index contributed by atoms with van der Waals surface area (Å²) in [5, 5.41) is 13.2. The fourth-order valence-corrected chi connectivity index (χ4v) is 3.48. The van der Waals surface area contributed by atoms with Crippen molar-refractivity contribution in [3.63, 3.8) is 0 Å². The van der Waals surface area contributed by atoms with Crippen molar-refractivity contribution >= 4 is 17.5 Å². The molecule has 150 valence electrons. The van der Waals surface area contributed by atoms with Crippen molar-refractivity contribution in [2.75, 3.05) is 4.90 Å². The second-order valence-corrected chi connectivity index (χ2v) is 7.06. The second-order valence-electron chi connectivity index (χ2n) is 7.06. The molecule has 3 heterocycles. The van der Waals surface area contributed by atoms with Gasteiger partial charge >= 0.3 is 0 Å². The van der Waals surface area contributed by atoms with Gasteiger partial charge in [0.2, 0.25) is 11.7 Å². The predicted octanol–water partition coefficient (Wildman–Crippen LogP) is 2.68. The van der Waals surface area contributed by atoms with Crippen LogP contribution in [0.25, 0.3) is 11.4 Å². The summed E-state index contributed by atoms with van der Waals surface area (Å²) in [6, 6.07) is 10.9. The molecule has 10 heteroatoms. The number of carbonyl (C=O) groups is 2. The molecular formula is C20H15FN6O3. The third-order valence-corrected chi connectivity index (χ3v) is 5.02. The lowest BCUT2D eigenvalue weighted by molar-refractivity contribution is -0.123. The third-order valence-electron chi connectivity index (χ3n) is 5.02. The van der Waals surface area contributed by atoms with Gasteiger partial charge in [0.15, 0.2) is 12.1 Å². The van der Waals surface area contributed by atoms with Crippen molar-refractivity contribution in [2.24, 2.45) is 10.3 Å². The molecule has 1 fully saturated rings. The van der Waals surface area contributed by atoms with E-state index in [2.05, 4.69) is 20.5 Å². The zero-order chi connectivity index (χ0) is 20.8. The highest BCUT2D eigenvalue weighted by molar-refractivity contribution is 6.25. The van der Waals surface area contributed by atoms with Crippen LogP contribution in [0.3, 0.4) is 0 Å². The summed E-state index contributed by atoms with van der Waals surface area (Å²) >= 11 is 0. The van der Waals surface area contributed by atoms with Gasteiger partial charge in [0.25, 0.3) is 11.8 Å². The Morgan fingerprint density at radius 1 is 1.03 bits per heavy atom. The van der Waals surface area contributed by atoms with Crippen LogP contribution in [0.2, 0.25) is 0 Å². The number of halogens is 1. The molecule has 5 rings (SSSR count). The molecule has 0 bridgehead atoms. The number of hydrogen-bond donors (Lipinski definition) is 0. The molecule has 30 heavy (non-hydrogen) atoms.